The zero-order valence-electron chi connectivity index (χ0n) is 22.0. The van der Waals surface area contributed by atoms with Gasteiger partial charge in [0.25, 0.3) is 5.91 Å². The molecule has 0 aromatic carbocycles. The highest BCUT2D eigenvalue weighted by molar-refractivity contribution is 6.02. The van der Waals surface area contributed by atoms with Crippen molar-refractivity contribution in [3.05, 3.63) is 40.7 Å². The molecule has 0 spiro atoms. The van der Waals surface area contributed by atoms with E-state index in [1.54, 1.807) is 18.1 Å². The fourth-order valence-electron chi connectivity index (χ4n) is 5.30. The molecule has 39 heavy (non-hydrogen) atoms. The second-order valence-corrected chi connectivity index (χ2v) is 9.92. The molecule has 3 atom stereocenters. The zero-order chi connectivity index (χ0) is 27.5. The molecule has 5 rings (SSSR count). The van der Waals surface area contributed by atoms with Crippen molar-refractivity contribution < 1.29 is 23.9 Å². The molecule has 12 heteroatoms. The van der Waals surface area contributed by atoms with E-state index in [0.717, 1.165) is 18.4 Å². The number of hydrogen-bond acceptors (Lipinski definition) is 9. The molecular formula is C27H31N7O5. The number of aromatic nitrogens is 2. The Morgan fingerprint density at radius 3 is 2.74 bits per heavy atom. The summed E-state index contributed by atoms with van der Waals surface area (Å²) in [6.07, 6.45) is 5.56. The largest absolute Gasteiger partial charge is 0.379 e. The van der Waals surface area contributed by atoms with Crippen molar-refractivity contribution in [2.45, 2.75) is 56.9 Å². The average Bonchev–Trinajstić information content (AvgIpc) is 3.29. The maximum absolute atomic E-state index is 13.3. The van der Waals surface area contributed by atoms with Gasteiger partial charge in [-0.3, -0.25) is 19.8 Å². The zero-order valence-corrected chi connectivity index (χ0v) is 22.0. The minimum atomic E-state index is -0.462. The highest BCUT2D eigenvalue weighted by Gasteiger charge is 2.33. The van der Waals surface area contributed by atoms with Crippen LogP contribution in [0.1, 0.15) is 52.9 Å². The van der Waals surface area contributed by atoms with Crippen molar-refractivity contribution in [2.75, 3.05) is 42.8 Å². The molecule has 0 unspecified atom stereocenters. The molecule has 12 nitrogen and oxygen atoms in total. The van der Waals surface area contributed by atoms with Crippen LogP contribution in [0.4, 0.5) is 22.1 Å². The Bertz CT molecular complexity index is 1320. The first-order chi connectivity index (χ1) is 18.9. The number of nitrogens with zero attached hydrogens (tertiary/aromatic N) is 5. The molecule has 1 aliphatic carbocycles. The molecule has 2 aromatic rings. The lowest BCUT2D eigenvalue weighted by Crippen LogP contribution is -2.44. The topological polar surface area (TPSA) is 150 Å². The van der Waals surface area contributed by atoms with Crippen molar-refractivity contribution in [1.29, 1.82) is 5.26 Å². The number of likely N-dealkylation sites (tertiary alicyclic amines) is 1. The summed E-state index contributed by atoms with van der Waals surface area (Å²) in [5.41, 5.74) is 2.62. The summed E-state index contributed by atoms with van der Waals surface area (Å²) in [6.45, 7) is 1.22. The van der Waals surface area contributed by atoms with Crippen LogP contribution < -0.4 is 15.5 Å². The lowest BCUT2D eigenvalue weighted by molar-refractivity contribution is -0.136. The number of anilines is 3. The first-order valence-corrected chi connectivity index (χ1v) is 13.0. The van der Waals surface area contributed by atoms with Crippen LogP contribution in [0.5, 0.6) is 0 Å². The highest BCUT2D eigenvalue weighted by atomic mass is 16.5. The summed E-state index contributed by atoms with van der Waals surface area (Å²) >= 11 is 0. The predicted molar refractivity (Wildman–Crippen MR) is 142 cm³/mol. The standard InChI is InChI=1S/C27H31N7O5/c1-38-22-6-5-19(22)30-20-11-24(29-13-18(20)12-28)32-27(37)34-8-3-4-16-10-17(21(15-35)31-25(16)34)14-33-9-7-23(39-2)26(33)36/h10-11,13,15,19,22-23H,3-9,14H2,1-2H3,(H2,29,30,32,37)/t19-,22+,23+/m0/s1. The number of carbonyl (C=O) groups is 3. The molecule has 3 amide bonds. The summed E-state index contributed by atoms with van der Waals surface area (Å²) in [5.74, 6) is 0.595. The molecule has 3 aliphatic rings. The van der Waals surface area contributed by atoms with E-state index in [1.165, 1.54) is 18.2 Å². The molecular weight excluding hydrogens is 502 g/mol. The van der Waals surface area contributed by atoms with Gasteiger partial charge in [0.2, 0.25) is 0 Å². The van der Waals surface area contributed by atoms with Crippen LogP contribution in [0.3, 0.4) is 0 Å². The van der Waals surface area contributed by atoms with Crippen LogP contribution in [-0.4, -0.2) is 78.7 Å². The fourth-order valence-corrected chi connectivity index (χ4v) is 5.30. The minimum Gasteiger partial charge on any atom is -0.379 e. The second-order valence-electron chi connectivity index (χ2n) is 9.92. The summed E-state index contributed by atoms with van der Waals surface area (Å²) in [6, 6.07) is 5.28. The van der Waals surface area contributed by atoms with E-state index < -0.39 is 12.1 Å². The molecule has 204 valence electrons. The number of aldehydes is 1. The number of methoxy groups -OCH3 is 2. The van der Waals surface area contributed by atoms with Gasteiger partial charge in [-0.05, 0) is 37.3 Å². The highest BCUT2D eigenvalue weighted by Crippen LogP contribution is 2.31. The van der Waals surface area contributed by atoms with Crippen molar-refractivity contribution in [3.63, 3.8) is 0 Å². The van der Waals surface area contributed by atoms with Crippen molar-refractivity contribution >= 4 is 35.5 Å². The predicted octanol–water partition coefficient (Wildman–Crippen LogP) is 2.48. The molecule has 2 fully saturated rings. The van der Waals surface area contributed by atoms with Crippen LogP contribution in [-0.2, 0) is 27.2 Å². The van der Waals surface area contributed by atoms with Crippen molar-refractivity contribution in [2.24, 2.45) is 0 Å². The SMILES string of the molecule is CO[C@@H]1CCN(Cc2cc3c(nc2C=O)N(C(=O)Nc2cc(N[C@H]4CC[C@H]4OC)c(C#N)cn2)CCC3)C1=O. The van der Waals surface area contributed by atoms with Gasteiger partial charge >= 0.3 is 6.03 Å². The number of amides is 3. The van der Waals surface area contributed by atoms with Crippen LogP contribution in [0.25, 0.3) is 0 Å². The van der Waals surface area contributed by atoms with Gasteiger partial charge in [-0.15, -0.1) is 0 Å². The lowest BCUT2D eigenvalue weighted by Gasteiger charge is -2.36. The Balaban J connectivity index is 1.34. The molecule has 2 aromatic heterocycles. The van der Waals surface area contributed by atoms with E-state index >= 15 is 0 Å². The number of pyridine rings is 2. The number of ether oxygens (including phenoxy) is 2. The molecule has 0 radical (unpaired) electrons. The first-order valence-electron chi connectivity index (χ1n) is 13.0. The Kier molecular flexibility index (Phi) is 7.72. The van der Waals surface area contributed by atoms with E-state index in [1.807, 2.05) is 6.07 Å². The van der Waals surface area contributed by atoms with Gasteiger partial charge in [0.15, 0.2) is 6.29 Å². The van der Waals surface area contributed by atoms with Gasteiger partial charge in [0, 0.05) is 58.1 Å². The number of aryl methyl sites for hydroxylation is 1. The van der Waals surface area contributed by atoms with Crippen LogP contribution in [0.2, 0.25) is 0 Å². The van der Waals surface area contributed by atoms with Gasteiger partial charge < -0.3 is 19.7 Å². The number of nitrogens with one attached hydrogen (secondary N) is 2. The van der Waals surface area contributed by atoms with Gasteiger partial charge in [-0.2, -0.15) is 5.26 Å². The van der Waals surface area contributed by atoms with Crippen LogP contribution in [0, 0.1) is 11.3 Å². The van der Waals surface area contributed by atoms with E-state index in [2.05, 4.69) is 26.7 Å². The van der Waals surface area contributed by atoms with Gasteiger partial charge in [0.1, 0.15) is 29.5 Å². The van der Waals surface area contributed by atoms with Crippen LogP contribution in [0.15, 0.2) is 18.3 Å². The van der Waals surface area contributed by atoms with E-state index in [-0.39, 0.29) is 36.1 Å². The first kappa shape index (κ1) is 26.5. The molecule has 1 saturated carbocycles. The number of hydrogen-bond donors (Lipinski definition) is 2. The summed E-state index contributed by atoms with van der Waals surface area (Å²) < 4.78 is 10.7. The second kappa shape index (κ2) is 11.3. The number of fused-ring (bicyclic) bond motifs is 1. The van der Waals surface area contributed by atoms with Gasteiger partial charge in [-0.1, -0.05) is 0 Å². The third-order valence-electron chi connectivity index (χ3n) is 7.64. The maximum atomic E-state index is 13.3. The van der Waals surface area contributed by atoms with Crippen molar-refractivity contribution in [3.8, 4) is 6.07 Å². The summed E-state index contributed by atoms with van der Waals surface area (Å²) in [5, 5.41) is 15.6. The molecule has 2 aliphatic heterocycles. The maximum Gasteiger partial charge on any atom is 0.328 e. The number of rotatable bonds is 8. The normalized spacial score (nSPS) is 22.1. The van der Waals surface area contributed by atoms with Crippen LogP contribution >= 0.6 is 0 Å². The van der Waals surface area contributed by atoms with E-state index in [9.17, 15) is 19.6 Å². The number of urea groups is 1. The quantitative estimate of drug-likeness (QED) is 0.488. The lowest BCUT2D eigenvalue weighted by atomic mass is 9.88. The minimum absolute atomic E-state index is 0.0700. The Morgan fingerprint density at radius 2 is 2.08 bits per heavy atom. The smallest absolute Gasteiger partial charge is 0.328 e. The third-order valence-corrected chi connectivity index (χ3v) is 7.64. The Hall–Kier alpha value is -4.08. The molecule has 2 N–H and O–H groups in total. The van der Waals surface area contributed by atoms with E-state index in [0.29, 0.717) is 61.3 Å². The molecule has 0 bridgehead atoms. The third kappa shape index (κ3) is 5.28. The number of nitriles is 1. The monoisotopic (exact) mass is 533 g/mol. The fraction of sp³-hybridized carbons (Fsp3) is 0.481. The van der Waals surface area contributed by atoms with Gasteiger partial charge in [-0.25, -0.2) is 14.8 Å². The molecule has 1 saturated heterocycles. The summed E-state index contributed by atoms with van der Waals surface area (Å²) in [4.78, 5) is 49.7. The average molecular weight is 534 g/mol. The van der Waals surface area contributed by atoms with E-state index in [4.69, 9.17) is 9.47 Å². The number of carbonyl (C=O) groups excluding carboxylic acids is 3. The Morgan fingerprint density at radius 1 is 1.23 bits per heavy atom. The Labute approximate surface area is 226 Å². The summed E-state index contributed by atoms with van der Waals surface area (Å²) in [7, 11) is 3.17. The van der Waals surface area contributed by atoms with Gasteiger partial charge in [0.05, 0.1) is 23.4 Å². The molecule has 4 heterocycles. The van der Waals surface area contributed by atoms with Crippen molar-refractivity contribution in [1.82, 2.24) is 14.9 Å².